The monoisotopic (exact) mass is 324 g/mol. The quantitative estimate of drug-likeness (QED) is 0.759. The predicted octanol–water partition coefficient (Wildman–Crippen LogP) is 4.50. The highest BCUT2D eigenvalue weighted by atomic mass is 35.5. The van der Waals surface area contributed by atoms with E-state index in [1.165, 1.54) is 0 Å². The molecule has 0 unspecified atom stereocenters. The van der Waals surface area contributed by atoms with Gasteiger partial charge in [0.1, 0.15) is 12.4 Å². The highest BCUT2D eigenvalue weighted by Crippen LogP contribution is 2.17. The van der Waals surface area contributed by atoms with E-state index < -0.39 is 12.1 Å². The molecule has 0 aliphatic rings. The molecular weight excluding hydrogens is 311 g/mol. The van der Waals surface area contributed by atoms with Crippen LogP contribution >= 0.6 is 23.2 Å². The van der Waals surface area contributed by atoms with Gasteiger partial charge in [-0.2, -0.15) is 0 Å². The molecule has 0 aromatic heterocycles. The molecule has 0 aliphatic heterocycles. The molecule has 2 rings (SSSR count). The van der Waals surface area contributed by atoms with Gasteiger partial charge in [-0.05, 0) is 48.9 Å². The Bertz CT molecular complexity index is 594. The smallest absolute Gasteiger partial charge is 0.347 e. The van der Waals surface area contributed by atoms with Crippen molar-refractivity contribution in [2.75, 3.05) is 0 Å². The molecule has 3 nitrogen and oxygen atoms in total. The van der Waals surface area contributed by atoms with Crippen LogP contribution in [0.25, 0.3) is 0 Å². The van der Waals surface area contributed by atoms with Crippen molar-refractivity contribution in [2.45, 2.75) is 19.6 Å². The Kier molecular flexibility index (Phi) is 5.48. The Balaban J connectivity index is 1.84. The fraction of sp³-hybridized carbons (Fsp3) is 0.188. The number of esters is 1. The zero-order valence-electron chi connectivity index (χ0n) is 11.4. The maximum absolute atomic E-state index is 11.9. The van der Waals surface area contributed by atoms with E-state index in [0.717, 1.165) is 5.56 Å². The summed E-state index contributed by atoms with van der Waals surface area (Å²) in [5.74, 6) is 0.134. The van der Waals surface area contributed by atoms with Gasteiger partial charge in [0.25, 0.3) is 0 Å². The third-order valence-corrected chi connectivity index (χ3v) is 3.26. The van der Waals surface area contributed by atoms with Gasteiger partial charge in [0.15, 0.2) is 6.10 Å². The molecule has 0 heterocycles. The van der Waals surface area contributed by atoms with Crippen molar-refractivity contribution in [2.24, 2.45) is 0 Å². The van der Waals surface area contributed by atoms with E-state index in [1.54, 1.807) is 55.5 Å². The summed E-state index contributed by atoms with van der Waals surface area (Å²) < 4.78 is 10.7. The molecule has 2 aromatic carbocycles. The molecule has 110 valence electrons. The van der Waals surface area contributed by atoms with E-state index >= 15 is 0 Å². The third-order valence-electron chi connectivity index (χ3n) is 2.75. The highest BCUT2D eigenvalue weighted by Gasteiger charge is 2.16. The molecule has 0 radical (unpaired) electrons. The second-order valence-electron chi connectivity index (χ2n) is 4.45. The van der Waals surface area contributed by atoms with Gasteiger partial charge in [-0.3, -0.25) is 0 Å². The SMILES string of the molecule is C[C@H](Oc1ccc(Cl)cc1)C(=O)OCc1ccc(Cl)cc1. The van der Waals surface area contributed by atoms with Crippen LogP contribution in [0.3, 0.4) is 0 Å². The Hall–Kier alpha value is -1.71. The molecule has 0 fully saturated rings. The topological polar surface area (TPSA) is 35.5 Å². The first kappa shape index (κ1) is 15.7. The van der Waals surface area contributed by atoms with E-state index in [-0.39, 0.29) is 6.61 Å². The number of hydrogen-bond donors (Lipinski definition) is 0. The van der Waals surface area contributed by atoms with Gasteiger partial charge >= 0.3 is 5.97 Å². The minimum absolute atomic E-state index is 0.185. The van der Waals surface area contributed by atoms with Crippen LogP contribution in [-0.2, 0) is 16.1 Å². The summed E-state index contributed by atoms with van der Waals surface area (Å²) >= 11 is 11.6. The standard InChI is InChI=1S/C16H14Cl2O3/c1-11(21-15-8-6-14(18)7-9-15)16(19)20-10-12-2-4-13(17)5-3-12/h2-9,11H,10H2,1H3/t11-/m0/s1. The second kappa shape index (κ2) is 7.34. The second-order valence-corrected chi connectivity index (χ2v) is 5.32. The van der Waals surface area contributed by atoms with Gasteiger partial charge < -0.3 is 9.47 Å². The molecular formula is C16H14Cl2O3. The van der Waals surface area contributed by atoms with Crippen LogP contribution in [0, 0.1) is 0 Å². The molecule has 5 heteroatoms. The Morgan fingerprint density at radius 3 is 2.10 bits per heavy atom. The summed E-state index contributed by atoms with van der Waals surface area (Å²) in [5, 5.41) is 1.25. The van der Waals surface area contributed by atoms with Gasteiger partial charge in [0, 0.05) is 10.0 Å². The highest BCUT2D eigenvalue weighted by molar-refractivity contribution is 6.30. The van der Waals surface area contributed by atoms with Gasteiger partial charge in [0.2, 0.25) is 0 Å². The number of hydrogen-bond acceptors (Lipinski definition) is 3. The number of benzene rings is 2. The van der Waals surface area contributed by atoms with Crippen LogP contribution in [0.5, 0.6) is 5.75 Å². The van der Waals surface area contributed by atoms with E-state index in [1.807, 2.05) is 0 Å². The van der Waals surface area contributed by atoms with Crippen molar-refractivity contribution in [1.29, 1.82) is 0 Å². The summed E-state index contributed by atoms with van der Waals surface area (Å²) in [7, 11) is 0. The average molecular weight is 325 g/mol. The van der Waals surface area contributed by atoms with E-state index in [0.29, 0.717) is 15.8 Å². The predicted molar refractivity (Wildman–Crippen MR) is 82.8 cm³/mol. The Morgan fingerprint density at radius 1 is 1.00 bits per heavy atom. The number of halogens is 2. The average Bonchev–Trinajstić information content (AvgIpc) is 2.48. The molecule has 0 aliphatic carbocycles. The van der Waals surface area contributed by atoms with Crippen molar-refractivity contribution >= 4 is 29.2 Å². The van der Waals surface area contributed by atoms with E-state index in [2.05, 4.69) is 0 Å². The summed E-state index contributed by atoms with van der Waals surface area (Å²) in [4.78, 5) is 11.9. The number of rotatable bonds is 5. The Morgan fingerprint density at radius 2 is 1.52 bits per heavy atom. The molecule has 21 heavy (non-hydrogen) atoms. The minimum atomic E-state index is -0.696. The number of carbonyl (C=O) groups excluding carboxylic acids is 1. The lowest BCUT2D eigenvalue weighted by Crippen LogP contribution is -2.26. The number of ether oxygens (including phenoxy) is 2. The van der Waals surface area contributed by atoms with Crippen LogP contribution in [0.2, 0.25) is 10.0 Å². The van der Waals surface area contributed by atoms with Crippen molar-refractivity contribution in [3.05, 3.63) is 64.1 Å². The van der Waals surface area contributed by atoms with Crippen molar-refractivity contribution in [3.63, 3.8) is 0 Å². The normalized spacial score (nSPS) is 11.8. The zero-order chi connectivity index (χ0) is 15.2. The van der Waals surface area contributed by atoms with E-state index in [4.69, 9.17) is 32.7 Å². The van der Waals surface area contributed by atoms with Crippen molar-refractivity contribution < 1.29 is 14.3 Å². The lowest BCUT2D eigenvalue weighted by atomic mass is 10.2. The fourth-order valence-electron chi connectivity index (χ4n) is 1.62. The molecule has 0 saturated heterocycles. The van der Waals surface area contributed by atoms with Gasteiger partial charge in [-0.25, -0.2) is 4.79 Å². The van der Waals surface area contributed by atoms with Gasteiger partial charge in [-0.1, -0.05) is 35.3 Å². The molecule has 0 amide bonds. The summed E-state index contributed by atoms with van der Waals surface area (Å²) in [6.07, 6.45) is -0.696. The van der Waals surface area contributed by atoms with Gasteiger partial charge in [-0.15, -0.1) is 0 Å². The minimum Gasteiger partial charge on any atom is -0.479 e. The molecule has 0 saturated carbocycles. The molecule has 2 aromatic rings. The first-order valence-corrected chi connectivity index (χ1v) is 7.13. The summed E-state index contributed by atoms with van der Waals surface area (Å²) in [5.41, 5.74) is 0.867. The fourth-order valence-corrected chi connectivity index (χ4v) is 1.87. The van der Waals surface area contributed by atoms with Crippen LogP contribution in [0.1, 0.15) is 12.5 Å². The maximum atomic E-state index is 11.9. The molecule has 1 atom stereocenters. The van der Waals surface area contributed by atoms with Crippen molar-refractivity contribution in [3.8, 4) is 5.75 Å². The largest absolute Gasteiger partial charge is 0.479 e. The van der Waals surface area contributed by atoms with Crippen molar-refractivity contribution in [1.82, 2.24) is 0 Å². The molecule has 0 N–H and O–H groups in total. The lowest BCUT2D eigenvalue weighted by Gasteiger charge is -2.14. The van der Waals surface area contributed by atoms with Gasteiger partial charge in [0.05, 0.1) is 0 Å². The lowest BCUT2D eigenvalue weighted by molar-refractivity contribution is -0.152. The first-order valence-electron chi connectivity index (χ1n) is 6.38. The first-order chi connectivity index (χ1) is 10.0. The summed E-state index contributed by atoms with van der Waals surface area (Å²) in [6.45, 7) is 1.82. The van der Waals surface area contributed by atoms with Crippen LogP contribution in [-0.4, -0.2) is 12.1 Å². The zero-order valence-corrected chi connectivity index (χ0v) is 12.9. The van der Waals surface area contributed by atoms with E-state index in [9.17, 15) is 4.79 Å². The maximum Gasteiger partial charge on any atom is 0.347 e. The number of carbonyl (C=O) groups is 1. The van der Waals surface area contributed by atoms with Crippen LogP contribution in [0.4, 0.5) is 0 Å². The Labute approximate surface area is 133 Å². The van der Waals surface area contributed by atoms with Crippen LogP contribution < -0.4 is 4.74 Å². The third kappa shape index (κ3) is 4.96. The molecule has 0 bridgehead atoms. The van der Waals surface area contributed by atoms with Crippen LogP contribution in [0.15, 0.2) is 48.5 Å². The summed E-state index contributed by atoms with van der Waals surface area (Å²) in [6, 6.07) is 13.9. The molecule has 0 spiro atoms.